The van der Waals surface area contributed by atoms with Crippen LogP contribution in [0.5, 0.6) is 0 Å². The van der Waals surface area contributed by atoms with Gasteiger partial charge in [0.2, 0.25) is 0 Å². The first kappa shape index (κ1) is 9.89. The molecular weight excluding hydrogens is 216 g/mol. The summed E-state index contributed by atoms with van der Waals surface area (Å²) >= 11 is 0. The molecule has 17 heavy (non-hydrogen) atoms. The van der Waals surface area contributed by atoms with Crippen molar-refractivity contribution in [2.45, 2.75) is 13.5 Å². The van der Waals surface area contributed by atoms with Crippen molar-refractivity contribution in [3.63, 3.8) is 0 Å². The first-order valence-electron chi connectivity index (χ1n) is 5.53. The summed E-state index contributed by atoms with van der Waals surface area (Å²) in [6, 6.07) is 7.61. The van der Waals surface area contributed by atoms with Crippen LogP contribution in [-0.4, -0.2) is 15.7 Å². The summed E-state index contributed by atoms with van der Waals surface area (Å²) in [5, 5.41) is 10.3. The molecule has 1 aliphatic heterocycles. The van der Waals surface area contributed by atoms with Gasteiger partial charge in [-0.05, 0) is 19.1 Å². The zero-order valence-corrected chi connectivity index (χ0v) is 9.40. The van der Waals surface area contributed by atoms with E-state index in [-0.39, 0.29) is 5.91 Å². The molecule has 0 radical (unpaired) electrons. The van der Waals surface area contributed by atoms with Crippen LogP contribution < -0.4 is 10.6 Å². The lowest BCUT2D eigenvalue weighted by Crippen LogP contribution is -2.16. The Kier molecular flexibility index (Phi) is 2.11. The highest BCUT2D eigenvalue weighted by atomic mass is 16.2. The van der Waals surface area contributed by atoms with Gasteiger partial charge in [0, 0.05) is 6.54 Å². The Morgan fingerprint density at radius 3 is 2.59 bits per heavy atom. The van der Waals surface area contributed by atoms with Gasteiger partial charge in [-0.1, -0.05) is 12.1 Å². The van der Waals surface area contributed by atoms with Crippen LogP contribution in [0.3, 0.4) is 0 Å². The standard InChI is InChI=1S/C12H12N4O/c1-2-16-11-10(7-13-16)14-8-5-3-4-6-9(8)15-12(11)17/h3-7,14H,2H2,1H3,(H,15,17). The Morgan fingerprint density at radius 1 is 1.18 bits per heavy atom. The lowest BCUT2D eigenvalue weighted by atomic mass is 10.2. The van der Waals surface area contributed by atoms with E-state index in [1.54, 1.807) is 10.9 Å². The van der Waals surface area contributed by atoms with Gasteiger partial charge < -0.3 is 10.6 Å². The summed E-state index contributed by atoms with van der Waals surface area (Å²) in [4.78, 5) is 12.1. The lowest BCUT2D eigenvalue weighted by molar-refractivity contribution is 0.101. The van der Waals surface area contributed by atoms with Crippen molar-refractivity contribution in [1.82, 2.24) is 9.78 Å². The van der Waals surface area contributed by atoms with Gasteiger partial charge >= 0.3 is 0 Å². The Hall–Kier alpha value is -2.30. The number of fused-ring (bicyclic) bond motifs is 2. The number of anilines is 3. The average Bonchev–Trinajstić information content (AvgIpc) is 2.68. The van der Waals surface area contributed by atoms with Crippen molar-refractivity contribution in [3.8, 4) is 0 Å². The molecule has 0 unspecified atom stereocenters. The van der Waals surface area contributed by atoms with Gasteiger partial charge in [-0.25, -0.2) is 0 Å². The fraction of sp³-hybridized carbons (Fsp3) is 0.167. The zero-order valence-electron chi connectivity index (χ0n) is 9.40. The largest absolute Gasteiger partial charge is 0.351 e. The molecule has 1 aromatic heterocycles. The fourth-order valence-electron chi connectivity index (χ4n) is 1.98. The molecule has 86 valence electrons. The van der Waals surface area contributed by atoms with Crippen LogP contribution in [0.25, 0.3) is 0 Å². The minimum Gasteiger partial charge on any atom is -0.351 e. The lowest BCUT2D eigenvalue weighted by Gasteiger charge is -2.06. The van der Waals surface area contributed by atoms with Gasteiger partial charge in [0.1, 0.15) is 5.69 Å². The number of para-hydroxylation sites is 2. The van der Waals surface area contributed by atoms with Crippen LogP contribution in [0.2, 0.25) is 0 Å². The fourth-order valence-corrected chi connectivity index (χ4v) is 1.98. The monoisotopic (exact) mass is 228 g/mol. The van der Waals surface area contributed by atoms with Crippen molar-refractivity contribution in [2.24, 2.45) is 0 Å². The molecular formula is C12H12N4O. The van der Waals surface area contributed by atoms with E-state index < -0.39 is 0 Å². The van der Waals surface area contributed by atoms with Gasteiger partial charge in [-0.15, -0.1) is 0 Å². The molecule has 0 saturated heterocycles. The molecule has 0 spiro atoms. The van der Waals surface area contributed by atoms with Gasteiger partial charge in [-0.3, -0.25) is 9.48 Å². The number of aryl methyl sites for hydroxylation is 1. The molecule has 1 aromatic carbocycles. The summed E-state index contributed by atoms with van der Waals surface area (Å²) in [6.07, 6.45) is 1.68. The molecule has 5 nitrogen and oxygen atoms in total. The van der Waals surface area contributed by atoms with Crippen LogP contribution >= 0.6 is 0 Å². The maximum atomic E-state index is 12.1. The van der Waals surface area contributed by atoms with Crippen LogP contribution in [0.15, 0.2) is 30.5 Å². The molecule has 0 fully saturated rings. The molecule has 0 aliphatic carbocycles. The molecule has 2 heterocycles. The quantitative estimate of drug-likeness (QED) is 0.786. The second kappa shape index (κ2) is 3.62. The van der Waals surface area contributed by atoms with E-state index in [0.29, 0.717) is 12.2 Å². The third kappa shape index (κ3) is 1.47. The smallest absolute Gasteiger partial charge is 0.276 e. The van der Waals surface area contributed by atoms with E-state index in [0.717, 1.165) is 17.1 Å². The second-order valence-corrected chi connectivity index (χ2v) is 3.85. The molecule has 2 N–H and O–H groups in total. The van der Waals surface area contributed by atoms with E-state index in [1.165, 1.54) is 0 Å². The topological polar surface area (TPSA) is 59.0 Å². The average molecular weight is 228 g/mol. The van der Waals surface area contributed by atoms with Gasteiger partial charge in [0.25, 0.3) is 5.91 Å². The van der Waals surface area contributed by atoms with E-state index in [1.807, 2.05) is 31.2 Å². The highest BCUT2D eigenvalue weighted by Gasteiger charge is 2.22. The SMILES string of the molecule is CCn1ncc2c1C(=O)Nc1ccccc1N2. The number of carbonyl (C=O) groups is 1. The zero-order chi connectivity index (χ0) is 11.8. The Bertz CT molecular complexity index is 588. The number of hydrogen-bond acceptors (Lipinski definition) is 3. The molecule has 1 amide bonds. The molecule has 5 heteroatoms. The summed E-state index contributed by atoms with van der Waals surface area (Å²) in [6.45, 7) is 2.62. The van der Waals surface area contributed by atoms with Crippen LogP contribution in [0, 0.1) is 0 Å². The minimum atomic E-state index is -0.128. The highest BCUT2D eigenvalue weighted by Crippen LogP contribution is 2.31. The van der Waals surface area contributed by atoms with E-state index in [4.69, 9.17) is 0 Å². The first-order valence-corrected chi connectivity index (χ1v) is 5.53. The predicted octanol–water partition coefficient (Wildman–Crippen LogP) is 2.21. The molecule has 0 bridgehead atoms. The number of aromatic nitrogens is 2. The third-order valence-electron chi connectivity index (χ3n) is 2.80. The normalized spacial score (nSPS) is 13.1. The molecule has 0 atom stereocenters. The van der Waals surface area contributed by atoms with Crippen molar-refractivity contribution in [2.75, 3.05) is 10.6 Å². The summed E-state index contributed by atoms with van der Waals surface area (Å²) < 4.78 is 1.68. The molecule has 1 aliphatic rings. The number of hydrogen-bond donors (Lipinski definition) is 2. The van der Waals surface area contributed by atoms with Crippen molar-refractivity contribution < 1.29 is 4.79 Å². The van der Waals surface area contributed by atoms with Gasteiger partial charge in [-0.2, -0.15) is 5.10 Å². The minimum absolute atomic E-state index is 0.128. The summed E-state index contributed by atoms with van der Waals surface area (Å²) in [5.74, 6) is -0.128. The number of nitrogens with zero attached hydrogens (tertiary/aromatic N) is 2. The highest BCUT2D eigenvalue weighted by molar-refractivity contribution is 6.10. The number of nitrogens with one attached hydrogen (secondary N) is 2. The summed E-state index contributed by atoms with van der Waals surface area (Å²) in [7, 11) is 0. The van der Waals surface area contributed by atoms with E-state index >= 15 is 0 Å². The number of amides is 1. The maximum Gasteiger partial charge on any atom is 0.276 e. The Morgan fingerprint density at radius 2 is 1.88 bits per heavy atom. The number of benzene rings is 1. The summed E-state index contributed by atoms with van der Waals surface area (Å²) in [5.41, 5.74) is 2.99. The van der Waals surface area contributed by atoms with E-state index in [9.17, 15) is 4.79 Å². The maximum absolute atomic E-state index is 12.1. The van der Waals surface area contributed by atoms with E-state index in [2.05, 4.69) is 15.7 Å². The van der Waals surface area contributed by atoms with Gasteiger partial charge in [0.15, 0.2) is 0 Å². The number of carbonyl (C=O) groups excluding carboxylic acids is 1. The Labute approximate surface area is 98.4 Å². The third-order valence-corrected chi connectivity index (χ3v) is 2.80. The molecule has 3 rings (SSSR count). The van der Waals surface area contributed by atoms with Crippen LogP contribution in [0.1, 0.15) is 17.4 Å². The first-order chi connectivity index (χ1) is 8.29. The van der Waals surface area contributed by atoms with Gasteiger partial charge in [0.05, 0.1) is 23.3 Å². The molecule has 2 aromatic rings. The van der Waals surface area contributed by atoms with Crippen molar-refractivity contribution >= 4 is 23.0 Å². The predicted molar refractivity (Wildman–Crippen MR) is 65.6 cm³/mol. The second-order valence-electron chi connectivity index (χ2n) is 3.85. The van der Waals surface area contributed by atoms with Crippen molar-refractivity contribution in [3.05, 3.63) is 36.2 Å². The van der Waals surface area contributed by atoms with Crippen molar-refractivity contribution in [1.29, 1.82) is 0 Å². The Balaban J connectivity index is 2.15. The molecule has 0 saturated carbocycles. The van der Waals surface area contributed by atoms with Crippen LogP contribution in [0.4, 0.5) is 17.1 Å². The number of rotatable bonds is 1. The van der Waals surface area contributed by atoms with Crippen LogP contribution in [-0.2, 0) is 6.54 Å².